The predicted octanol–water partition coefficient (Wildman–Crippen LogP) is 3.74. The molecule has 2 aliphatic rings. The van der Waals surface area contributed by atoms with Crippen LogP contribution in [-0.4, -0.2) is 76.6 Å². The van der Waals surface area contributed by atoms with Crippen molar-refractivity contribution < 1.29 is 31.4 Å². The summed E-state index contributed by atoms with van der Waals surface area (Å²) in [6.07, 6.45) is 5.59. The van der Waals surface area contributed by atoms with E-state index in [1.807, 2.05) is 6.92 Å². The van der Waals surface area contributed by atoms with Crippen LogP contribution in [0.15, 0.2) is 58.3 Å². The van der Waals surface area contributed by atoms with E-state index in [1.54, 1.807) is 37.3 Å². The SMILES string of the molecule is COc1cccc(S(=O)(=O)N(C)C[C@H]2Oc3cc(C4=CCCCC4)ccc3S(=O)(=O)N([C@H](C)CO)C[C@@H]2C)c1. The Morgan fingerprint density at radius 2 is 1.97 bits per heavy atom. The highest BCUT2D eigenvalue weighted by molar-refractivity contribution is 7.89. The summed E-state index contributed by atoms with van der Waals surface area (Å²) in [5, 5.41) is 9.87. The fourth-order valence-corrected chi connectivity index (χ4v) is 8.08. The molecular weight excluding hydrogens is 540 g/mol. The molecule has 3 atom stereocenters. The zero-order valence-corrected chi connectivity index (χ0v) is 24.5. The first-order valence-corrected chi connectivity index (χ1v) is 16.1. The van der Waals surface area contributed by atoms with Crippen LogP contribution in [0.5, 0.6) is 11.5 Å². The van der Waals surface area contributed by atoms with E-state index in [2.05, 4.69) is 6.08 Å². The number of allylic oxidation sites excluding steroid dienone is 2. The lowest BCUT2D eigenvalue weighted by atomic mass is 9.93. The number of rotatable bonds is 8. The lowest BCUT2D eigenvalue weighted by Gasteiger charge is -2.37. The van der Waals surface area contributed by atoms with Crippen LogP contribution in [0.2, 0.25) is 0 Å². The average Bonchev–Trinajstić information content (AvgIpc) is 2.94. The summed E-state index contributed by atoms with van der Waals surface area (Å²) in [5.41, 5.74) is 2.05. The number of hydrogen-bond donors (Lipinski definition) is 1. The van der Waals surface area contributed by atoms with Gasteiger partial charge in [0.25, 0.3) is 0 Å². The van der Waals surface area contributed by atoms with Crippen LogP contribution in [0.3, 0.4) is 0 Å². The minimum absolute atomic E-state index is 0.00549. The summed E-state index contributed by atoms with van der Waals surface area (Å²) in [5.74, 6) is 0.234. The summed E-state index contributed by atoms with van der Waals surface area (Å²) in [4.78, 5) is 0.103. The van der Waals surface area contributed by atoms with Gasteiger partial charge in [-0.25, -0.2) is 16.8 Å². The molecule has 11 heteroatoms. The van der Waals surface area contributed by atoms with Crippen LogP contribution >= 0.6 is 0 Å². The van der Waals surface area contributed by atoms with Gasteiger partial charge in [-0.2, -0.15) is 8.61 Å². The van der Waals surface area contributed by atoms with Gasteiger partial charge in [0.05, 0.1) is 25.2 Å². The highest BCUT2D eigenvalue weighted by Gasteiger charge is 2.39. The van der Waals surface area contributed by atoms with Crippen molar-refractivity contribution in [3.63, 3.8) is 0 Å². The number of ether oxygens (including phenoxy) is 2. The standard InChI is InChI=1S/C28H38N2O7S2/c1-20-17-30(21(2)19-31)39(34,35)28-14-13-23(22-9-6-5-7-10-22)15-26(28)37-27(20)18-29(3)38(32,33)25-12-8-11-24(16-25)36-4/h8-9,11-16,20-21,27,31H,5-7,10,17-19H2,1-4H3/t20-,21+,27+/m0/s1. The first-order chi connectivity index (χ1) is 18.5. The number of aliphatic hydroxyl groups is 1. The van der Waals surface area contributed by atoms with Crippen LogP contribution in [0.4, 0.5) is 0 Å². The summed E-state index contributed by atoms with van der Waals surface area (Å²) >= 11 is 0. The zero-order valence-electron chi connectivity index (χ0n) is 22.9. The number of methoxy groups -OCH3 is 1. The maximum Gasteiger partial charge on any atom is 0.247 e. The number of nitrogens with zero attached hydrogens (tertiary/aromatic N) is 2. The fraction of sp³-hybridized carbons (Fsp3) is 0.500. The summed E-state index contributed by atoms with van der Waals surface area (Å²) in [6, 6.07) is 10.7. The van der Waals surface area contributed by atoms with E-state index >= 15 is 0 Å². The van der Waals surface area contributed by atoms with Gasteiger partial charge in [0.2, 0.25) is 20.0 Å². The molecular formula is C28H38N2O7S2. The molecule has 1 aliphatic heterocycles. The molecule has 1 aliphatic carbocycles. The molecule has 0 bridgehead atoms. The average molecular weight is 579 g/mol. The van der Waals surface area contributed by atoms with Crippen LogP contribution in [0.25, 0.3) is 5.57 Å². The third kappa shape index (κ3) is 6.17. The summed E-state index contributed by atoms with van der Waals surface area (Å²) in [7, 11) is -4.91. The van der Waals surface area contributed by atoms with Gasteiger partial charge in [-0.1, -0.05) is 25.1 Å². The van der Waals surface area contributed by atoms with E-state index in [0.29, 0.717) is 5.75 Å². The van der Waals surface area contributed by atoms with Crippen molar-refractivity contribution in [2.24, 2.45) is 5.92 Å². The number of hydrogen-bond acceptors (Lipinski definition) is 7. The lowest BCUT2D eigenvalue weighted by molar-refractivity contribution is 0.0904. The minimum Gasteiger partial charge on any atom is -0.497 e. The normalized spacial score (nSPS) is 22.7. The molecule has 0 saturated heterocycles. The number of aliphatic hydroxyl groups excluding tert-OH is 1. The maximum atomic E-state index is 13.7. The Bertz CT molecular complexity index is 1420. The van der Waals surface area contributed by atoms with E-state index < -0.39 is 32.2 Å². The van der Waals surface area contributed by atoms with Crippen molar-refractivity contribution in [3.8, 4) is 11.5 Å². The van der Waals surface area contributed by atoms with E-state index in [0.717, 1.165) is 36.8 Å². The van der Waals surface area contributed by atoms with Crippen LogP contribution in [0.1, 0.15) is 45.1 Å². The molecule has 0 saturated carbocycles. The Balaban J connectivity index is 1.74. The zero-order chi connectivity index (χ0) is 28.4. The van der Waals surface area contributed by atoms with Crippen LogP contribution in [0, 0.1) is 5.92 Å². The van der Waals surface area contributed by atoms with Crippen molar-refractivity contribution >= 4 is 25.6 Å². The number of fused-ring (bicyclic) bond motifs is 1. The van der Waals surface area contributed by atoms with Crippen molar-refractivity contribution in [1.82, 2.24) is 8.61 Å². The molecule has 0 unspecified atom stereocenters. The van der Waals surface area contributed by atoms with Crippen molar-refractivity contribution in [1.29, 1.82) is 0 Å². The van der Waals surface area contributed by atoms with Crippen LogP contribution < -0.4 is 9.47 Å². The first-order valence-electron chi connectivity index (χ1n) is 13.2. The maximum absolute atomic E-state index is 13.7. The van der Waals surface area contributed by atoms with Crippen molar-refractivity contribution in [3.05, 3.63) is 54.1 Å². The van der Waals surface area contributed by atoms with E-state index in [1.165, 1.54) is 34.9 Å². The Hall–Kier alpha value is -2.44. The van der Waals surface area contributed by atoms with E-state index in [4.69, 9.17) is 9.47 Å². The smallest absolute Gasteiger partial charge is 0.247 e. The fourth-order valence-electron chi connectivity index (χ4n) is 5.04. The molecule has 0 spiro atoms. The number of sulfonamides is 2. The van der Waals surface area contributed by atoms with Gasteiger partial charge in [0.15, 0.2) is 0 Å². The largest absolute Gasteiger partial charge is 0.497 e. The molecule has 1 N–H and O–H groups in total. The van der Waals surface area contributed by atoms with Gasteiger partial charge >= 0.3 is 0 Å². The molecule has 9 nitrogen and oxygen atoms in total. The van der Waals surface area contributed by atoms with Gasteiger partial charge in [-0.15, -0.1) is 0 Å². The number of likely N-dealkylation sites (N-methyl/N-ethyl adjacent to an activating group) is 1. The van der Waals surface area contributed by atoms with Gasteiger partial charge in [0.1, 0.15) is 22.5 Å². The molecule has 1 heterocycles. The third-order valence-corrected chi connectivity index (χ3v) is 11.4. The van der Waals surface area contributed by atoms with Gasteiger partial charge < -0.3 is 14.6 Å². The van der Waals surface area contributed by atoms with Gasteiger partial charge in [0, 0.05) is 31.6 Å². The quantitative estimate of drug-likeness (QED) is 0.508. The molecule has 39 heavy (non-hydrogen) atoms. The second-order valence-corrected chi connectivity index (χ2v) is 14.2. The van der Waals surface area contributed by atoms with Crippen LogP contribution in [-0.2, 0) is 20.0 Å². The second kappa shape index (κ2) is 12.0. The third-order valence-electron chi connectivity index (χ3n) is 7.52. The molecule has 0 amide bonds. The Kier molecular flexibility index (Phi) is 9.07. The van der Waals surface area contributed by atoms with Gasteiger partial charge in [-0.3, -0.25) is 0 Å². The monoisotopic (exact) mass is 578 g/mol. The Labute approximate surface area is 232 Å². The molecule has 2 aromatic carbocycles. The summed E-state index contributed by atoms with van der Waals surface area (Å²) in [6.45, 7) is 3.20. The highest BCUT2D eigenvalue weighted by Crippen LogP contribution is 2.37. The molecule has 2 aromatic rings. The molecule has 0 fully saturated rings. The van der Waals surface area contributed by atoms with Gasteiger partial charge in [-0.05, 0) is 68.0 Å². The van der Waals surface area contributed by atoms with Crippen molar-refractivity contribution in [2.75, 3.05) is 33.9 Å². The Morgan fingerprint density at radius 3 is 2.64 bits per heavy atom. The Morgan fingerprint density at radius 1 is 1.21 bits per heavy atom. The highest BCUT2D eigenvalue weighted by atomic mass is 32.2. The second-order valence-electron chi connectivity index (χ2n) is 10.3. The first kappa shape index (κ1) is 29.5. The van der Waals surface area contributed by atoms with E-state index in [-0.39, 0.29) is 41.2 Å². The predicted molar refractivity (Wildman–Crippen MR) is 150 cm³/mol. The van der Waals surface area contributed by atoms with Crippen molar-refractivity contribution in [2.45, 2.75) is 61.5 Å². The lowest BCUT2D eigenvalue weighted by Crippen LogP contribution is -2.50. The number of benzene rings is 2. The van der Waals surface area contributed by atoms with E-state index in [9.17, 15) is 21.9 Å². The summed E-state index contributed by atoms with van der Waals surface area (Å²) < 4.78 is 68.5. The molecule has 0 radical (unpaired) electrons. The molecule has 214 valence electrons. The minimum atomic E-state index is -3.98. The topological polar surface area (TPSA) is 113 Å². The molecule has 4 rings (SSSR count). The molecule has 0 aromatic heterocycles.